The number of rotatable bonds is 3. The Morgan fingerprint density at radius 2 is 1.57 bits per heavy atom. The quantitative estimate of drug-likeness (QED) is 0.662. The predicted octanol–water partition coefficient (Wildman–Crippen LogP) is 0.464. The van der Waals surface area contributed by atoms with E-state index in [1.165, 1.54) is 12.1 Å². The Bertz CT molecular complexity index is 717. The van der Waals surface area contributed by atoms with Gasteiger partial charge in [-0.25, -0.2) is 0 Å². The molecule has 0 spiro atoms. The molecule has 2 rings (SSSR count). The van der Waals surface area contributed by atoms with Crippen molar-refractivity contribution in [3.05, 3.63) is 64.7 Å². The van der Waals surface area contributed by atoms with Crippen LogP contribution in [0.2, 0.25) is 0 Å². The molecule has 3 nitrogen and oxygen atoms in total. The molecule has 0 aliphatic rings. The Morgan fingerprint density at radius 3 is 2.14 bits per heavy atom. The van der Waals surface area contributed by atoms with E-state index in [9.17, 15) is 14.3 Å². The molecule has 0 radical (unpaired) electrons. The molecular formula is C16H18NaO3P. The van der Waals surface area contributed by atoms with Crippen LogP contribution in [0.3, 0.4) is 0 Å². The number of benzene rings is 2. The van der Waals surface area contributed by atoms with Gasteiger partial charge in [0.05, 0.1) is 0 Å². The molecule has 5 heteroatoms. The normalized spacial score (nSPS) is 13.1. The van der Waals surface area contributed by atoms with Gasteiger partial charge in [0.25, 0.3) is 12.9 Å². The van der Waals surface area contributed by atoms with Gasteiger partial charge in [-0.05, 0) is 49.6 Å². The molecule has 0 heterocycles. The molecule has 0 saturated heterocycles. The Morgan fingerprint density at radius 1 is 1.00 bits per heavy atom. The maximum absolute atomic E-state index is 12.5. The van der Waals surface area contributed by atoms with Crippen molar-refractivity contribution >= 4 is 18.2 Å². The van der Waals surface area contributed by atoms with Crippen LogP contribution in [0.15, 0.2) is 42.5 Å². The monoisotopic (exact) mass is 312 g/mol. The summed E-state index contributed by atoms with van der Waals surface area (Å²) in [6, 6.07) is 11.5. The molecule has 0 aromatic heterocycles. The third-order valence-corrected chi connectivity index (χ3v) is 5.46. The fraction of sp³-hybridized carbons (Fsp3) is 0.188. The zero-order valence-corrected chi connectivity index (χ0v) is 15.6. The van der Waals surface area contributed by atoms with E-state index in [4.69, 9.17) is 0 Å². The summed E-state index contributed by atoms with van der Waals surface area (Å²) in [5.41, 5.74) is 2.42. The zero-order valence-electron chi connectivity index (χ0n) is 13.8. The van der Waals surface area contributed by atoms with Crippen molar-refractivity contribution in [2.24, 2.45) is 0 Å². The Kier molecular flexibility index (Phi) is 6.15. The first-order chi connectivity index (χ1) is 9.35. The average molecular weight is 312 g/mol. The minimum absolute atomic E-state index is 0. The second kappa shape index (κ2) is 7.04. The third kappa shape index (κ3) is 3.56. The fourth-order valence-electron chi connectivity index (χ4n) is 2.10. The number of hydrogen-bond donors (Lipinski definition) is 1. The molecule has 0 saturated carbocycles. The van der Waals surface area contributed by atoms with Crippen LogP contribution >= 0.6 is 7.37 Å². The van der Waals surface area contributed by atoms with Crippen LogP contribution in [0.4, 0.5) is 0 Å². The molecule has 0 aliphatic carbocycles. The Hall–Kier alpha value is -0.700. The molecular weight excluding hydrogens is 294 g/mol. The summed E-state index contributed by atoms with van der Waals surface area (Å²) >= 11 is 0. The van der Waals surface area contributed by atoms with Crippen molar-refractivity contribution in [3.63, 3.8) is 0 Å². The van der Waals surface area contributed by atoms with Crippen LogP contribution in [-0.4, -0.2) is 10.4 Å². The number of hydrogen-bond acceptors (Lipinski definition) is 2. The summed E-state index contributed by atoms with van der Waals surface area (Å²) in [7, 11) is -4.06. The van der Waals surface area contributed by atoms with Crippen LogP contribution < -0.4 is 34.9 Å². The van der Waals surface area contributed by atoms with Gasteiger partial charge in [-0.15, -0.1) is 0 Å². The predicted molar refractivity (Wildman–Crippen MR) is 82.0 cm³/mol. The number of carbonyl (C=O) groups excluding carboxylic acids is 1. The second-order valence-corrected chi connectivity index (χ2v) is 6.97. The molecule has 1 N–H and O–H groups in total. The molecule has 2 aromatic carbocycles. The Balaban J connectivity index is 0.00000220. The van der Waals surface area contributed by atoms with Gasteiger partial charge >= 0.3 is 29.6 Å². The molecule has 0 fully saturated rings. The fourth-order valence-corrected chi connectivity index (χ4v) is 3.48. The van der Waals surface area contributed by atoms with Crippen LogP contribution in [-0.2, 0) is 4.57 Å². The minimum Gasteiger partial charge on any atom is -1.00 e. The van der Waals surface area contributed by atoms with Gasteiger partial charge in [-0.1, -0.05) is 30.3 Å². The molecule has 1 atom stereocenters. The van der Waals surface area contributed by atoms with Gasteiger partial charge in [-0.2, -0.15) is 0 Å². The van der Waals surface area contributed by atoms with Gasteiger partial charge in [0.15, 0.2) is 0 Å². The van der Waals surface area contributed by atoms with E-state index < -0.39 is 12.9 Å². The summed E-state index contributed by atoms with van der Waals surface area (Å²) < 4.78 is 12.5. The van der Waals surface area contributed by atoms with Crippen molar-refractivity contribution < 1.29 is 45.2 Å². The first-order valence-corrected chi connectivity index (χ1v) is 8.01. The van der Waals surface area contributed by atoms with Gasteiger partial charge in [0, 0.05) is 10.9 Å². The van der Waals surface area contributed by atoms with Gasteiger partial charge in [-0.3, -0.25) is 9.36 Å². The van der Waals surface area contributed by atoms with E-state index in [-0.39, 0.29) is 36.3 Å². The van der Waals surface area contributed by atoms with Crippen molar-refractivity contribution in [1.82, 2.24) is 0 Å². The summed E-state index contributed by atoms with van der Waals surface area (Å²) in [6.07, 6.45) is 0. The molecule has 106 valence electrons. The zero-order chi connectivity index (χ0) is 14.9. The minimum atomic E-state index is -4.06. The molecule has 1 unspecified atom stereocenters. The van der Waals surface area contributed by atoms with Crippen molar-refractivity contribution in [2.45, 2.75) is 20.8 Å². The van der Waals surface area contributed by atoms with Gasteiger partial charge in [0.2, 0.25) is 0 Å². The topological polar surface area (TPSA) is 54.4 Å². The summed E-state index contributed by atoms with van der Waals surface area (Å²) in [5, 5.41) is 0.169. The van der Waals surface area contributed by atoms with E-state index in [1.54, 1.807) is 37.3 Å². The molecule has 0 aliphatic heterocycles. The van der Waals surface area contributed by atoms with Gasteiger partial charge < -0.3 is 6.32 Å². The van der Waals surface area contributed by atoms with E-state index in [0.717, 1.165) is 16.7 Å². The van der Waals surface area contributed by atoms with E-state index in [1.807, 2.05) is 13.8 Å². The maximum Gasteiger partial charge on any atom is 1.00 e. The van der Waals surface area contributed by atoms with Crippen LogP contribution in [0, 0.1) is 20.8 Å². The summed E-state index contributed by atoms with van der Waals surface area (Å²) in [6.45, 7) is 5.67. The standard InChI is InChI=1S/C16H17O3P.Na.H/c1-11-9-10-15(13(3)12(11)2)16(17)20(18,19)14-7-5-4-6-8-14;;/h4-10H,1-3H3,(H,18,19);;/q;+1;-1. The smallest absolute Gasteiger partial charge is 1.00 e. The first-order valence-electron chi connectivity index (χ1n) is 6.36. The summed E-state index contributed by atoms with van der Waals surface area (Å²) in [4.78, 5) is 22.6. The van der Waals surface area contributed by atoms with Crippen LogP contribution in [0.1, 0.15) is 28.5 Å². The van der Waals surface area contributed by atoms with E-state index in [0.29, 0.717) is 5.56 Å². The van der Waals surface area contributed by atoms with Crippen molar-refractivity contribution in [2.75, 3.05) is 0 Å². The Labute approximate surface area is 148 Å². The van der Waals surface area contributed by atoms with E-state index in [2.05, 4.69) is 0 Å². The van der Waals surface area contributed by atoms with Gasteiger partial charge in [0.1, 0.15) is 0 Å². The van der Waals surface area contributed by atoms with Crippen LogP contribution in [0.25, 0.3) is 0 Å². The van der Waals surface area contributed by atoms with Crippen LogP contribution in [0.5, 0.6) is 0 Å². The van der Waals surface area contributed by atoms with Crippen molar-refractivity contribution in [3.8, 4) is 0 Å². The number of carbonyl (C=O) groups is 1. The molecule has 0 amide bonds. The summed E-state index contributed by atoms with van der Waals surface area (Å²) in [5.74, 6) is 0. The first kappa shape index (κ1) is 18.3. The largest absolute Gasteiger partial charge is 1.00 e. The maximum atomic E-state index is 12.5. The average Bonchev–Trinajstić information content (AvgIpc) is 2.45. The SMILES string of the molecule is Cc1ccc(C(=O)P(=O)(O)c2ccccc2)c(C)c1C.[H-].[Na+]. The molecule has 21 heavy (non-hydrogen) atoms. The molecule has 2 aromatic rings. The number of aryl methyl sites for hydroxylation is 1. The molecule has 0 bridgehead atoms. The third-order valence-electron chi connectivity index (χ3n) is 3.67. The van der Waals surface area contributed by atoms with E-state index >= 15 is 0 Å². The second-order valence-electron chi connectivity index (χ2n) is 4.90. The van der Waals surface area contributed by atoms with Crippen molar-refractivity contribution in [1.29, 1.82) is 0 Å².